The molecular formula is C13H11BrF3N3O. The zero-order chi connectivity index (χ0) is 15.8. The van der Waals surface area contributed by atoms with Gasteiger partial charge in [0.15, 0.2) is 0 Å². The molecule has 0 saturated heterocycles. The molecule has 4 nitrogen and oxygen atoms in total. The number of carbonyl (C=O) groups is 1. The van der Waals surface area contributed by atoms with Crippen molar-refractivity contribution >= 4 is 21.7 Å². The molecule has 2 aromatic rings. The number of hydrogen-bond donors (Lipinski definition) is 0. The van der Waals surface area contributed by atoms with Gasteiger partial charge in [0.25, 0.3) is 0 Å². The second kappa shape index (κ2) is 5.59. The molecule has 0 aliphatic heterocycles. The van der Waals surface area contributed by atoms with Gasteiger partial charge in [0.2, 0.25) is 5.78 Å². The van der Waals surface area contributed by atoms with E-state index in [0.717, 1.165) is 12.1 Å². The molecule has 0 atom stereocenters. The van der Waals surface area contributed by atoms with Crippen molar-refractivity contribution in [2.24, 2.45) is 0 Å². The lowest BCUT2D eigenvalue weighted by Crippen LogP contribution is -2.15. The first-order valence-corrected chi connectivity index (χ1v) is 6.82. The van der Waals surface area contributed by atoms with Crippen molar-refractivity contribution in [1.82, 2.24) is 14.8 Å². The number of pyridine rings is 1. The highest BCUT2D eigenvalue weighted by Crippen LogP contribution is 2.29. The smallest absolute Gasteiger partial charge is 0.285 e. The van der Waals surface area contributed by atoms with Crippen LogP contribution in [0.3, 0.4) is 0 Å². The van der Waals surface area contributed by atoms with E-state index in [1.807, 2.05) is 13.8 Å². The minimum Gasteiger partial charge on any atom is -0.285 e. The zero-order valence-electron chi connectivity index (χ0n) is 11.1. The first kappa shape index (κ1) is 15.7. The minimum absolute atomic E-state index is 0.0638. The fourth-order valence-corrected chi connectivity index (χ4v) is 2.22. The van der Waals surface area contributed by atoms with Crippen molar-refractivity contribution in [2.75, 3.05) is 0 Å². The summed E-state index contributed by atoms with van der Waals surface area (Å²) in [4.78, 5) is 16.0. The van der Waals surface area contributed by atoms with E-state index in [-0.39, 0.29) is 17.4 Å². The van der Waals surface area contributed by atoms with Crippen LogP contribution in [0.25, 0.3) is 0 Å². The Labute approximate surface area is 127 Å². The molecule has 0 bridgehead atoms. The number of halogens is 4. The van der Waals surface area contributed by atoms with E-state index >= 15 is 0 Å². The number of hydrogen-bond acceptors (Lipinski definition) is 3. The van der Waals surface area contributed by atoms with Gasteiger partial charge in [-0.2, -0.15) is 18.3 Å². The summed E-state index contributed by atoms with van der Waals surface area (Å²) in [5.41, 5.74) is -0.696. The van der Waals surface area contributed by atoms with Crippen LogP contribution in [0.4, 0.5) is 13.2 Å². The lowest BCUT2D eigenvalue weighted by molar-refractivity contribution is -0.137. The molecule has 112 valence electrons. The van der Waals surface area contributed by atoms with Crippen molar-refractivity contribution in [2.45, 2.75) is 26.1 Å². The SMILES string of the molecule is CC(C)n1ncc(Br)c1C(=O)c1ccc(C(F)(F)F)cn1. The minimum atomic E-state index is -4.48. The Kier molecular flexibility index (Phi) is 4.18. The highest BCUT2D eigenvalue weighted by atomic mass is 79.9. The van der Waals surface area contributed by atoms with E-state index in [2.05, 4.69) is 26.0 Å². The molecule has 0 unspecified atom stereocenters. The average Bonchev–Trinajstić information content (AvgIpc) is 2.79. The van der Waals surface area contributed by atoms with Gasteiger partial charge in [-0.3, -0.25) is 14.5 Å². The standard InChI is InChI=1S/C13H11BrF3N3O/c1-7(2)20-11(9(14)6-19-20)12(21)10-4-3-8(5-18-10)13(15,16)17/h3-7H,1-2H3. The molecule has 8 heteroatoms. The van der Waals surface area contributed by atoms with Crippen molar-refractivity contribution in [3.8, 4) is 0 Å². The maximum atomic E-state index is 12.5. The number of aromatic nitrogens is 3. The summed E-state index contributed by atoms with van der Waals surface area (Å²) in [6.07, 6.45) is -2.36. The van der Waals surface area contributed by atoms with Crippen LogP contribution >= 0.6 is 15.9 Å². The Morgan fingerprint density at radius 2 is 1.95 bits per heavy atom. The number of ketones is 1. The summed E-state index contributed by atoms with van der Waals surface area (Å²) < 4.78 is 39.4. The quantitative estimate of drug-likeness (QED) is 0.779. The summed E-state index contributed by atoms with van der Waals surface area (Å²) in [5, 5.41) is 4.06. The van der Waals surface area contributed by atoms with Gasteiger partial charge >= 0.3 is 6.18 Å². The Morgan fingerprint density at radius 3 is 2.43 bits per heavy atom. The number of nitrogens with zero attached hydrogens (tertiary/aromatic N) is 3. The summed E-state index contributed by atoms with van der Waals surface area (Å²) >= 11 is 3.22. The van der Waals surface area contributed by atoms with E-state index in [0.29, 0.717) is 10.7 Å². The van der Waals surface area contributed by atoms with Crippen LogP contribution in [-0.4, -0.2) is 20.5 Å². The van der Waals surface area contributed by atoms with Crippen molar-refractivity contribution in [1.29, 1.82) is 0 Å². The van der Waals surface area contributed by atoms with Gasteiger partial charge in [0, 0.05) is 12.2 Å². The van der Waals surface area contributed by atoms with Crippen molar-refractivity contribution < 1.29 is 18.0 Å². The van der Waals surface area contributed by atoms with Gasteiger partial charge in [-0.1, -0.05) is 0 Å². The van der Waals surface area contributed by atoms with E-state index in [1.54, 1.807) is 0 Å². The first-order chi connectivity index (χ1) is 9.71. The van der Waals surface area contributed by atoms with E-state index < -0.39 is 17.5 Å². The van der Waals surface area contributed by atoms with Crippen molar-refractivity contribution in [3.63, 3.8) is 0 Å². The van der Waals surface area contributed by atoms with Crippen molar-refractivity contribution in [3.05, 3.63) is 46.0 Å². The van der Waals surface area contributed by atoms with Gasteiger partial charge in [0.1, 0.15) is 11.4 Å². The maximum Gasteiger partial charge on any atom is 0.417 e. The molecule has 0 spiro atoms. The van der Waals surface area contributed by atoms with Crippen LogP contribution < -0.4 is 0 Å². The van der Waals surface area contributed by atoms with Crippen LogP contribution in [-0.2, 0) is 6.18 Å². The molecule has 0 fully saturated rings. The first-order valence-electron chi connectivity index (χ1n) is 6.02. The third-order valence-corrected chi connectivity index (χ3v) is 3.36. The van der Waals surface area contributed by atoms with Crippen LogP contribution in [0.15, 0.2) is 29.0 Å². The molecule has 2 rings (SSSR count). The van der Waals surface area contributed by atoms with E-state index in [4.69, 9.17) is 0 Å². The lowest BCUT2D eigenvalue weighted by atomic mass is 10.1. The second-order valence-corrected chi connectivity index (χ2v) is 5.49. The Balaban J connectivity index is 2.39. The molecule has 0 aromatic carbocycles. The Morgan fingerprint density at radius 1 is 1.29 bits per heavy atom. The van der Waals surface area contributed by atoms with E-state index in [9.17, 15) is 18.0 Å². The molecule has 0 aliphatic carbocycles. The molecule has 0 aliphatic rings. The molecule has 21 heavy (non-hydrogen) atoms. The third-order valence-electron chi connectivity index (χ3n) is 2.78. The monoisotopic (exact) mass is 361 g/mol. The summed E-state index contributed by atoms with van der Waals surface area (Å²) in [7, 11) is 0. The van der Waals surface area contributed by atoms with Crippen LogP contribution in [0.1, 0.15) is 41.6 Å². The van der Waals surface area contributed by atoms with Crippen LogP contribution in [0.2, 0.25) is 0 Å². The molecule has 0 amide bonds. The zero-order valence-corrected chi connectivity index (χ0v) is 12.7. The van der Waals surface area contributed by atoms with Gasteiger partial charge in [-0.05, 0) is 41.9 Å². The van der Waals surface area contributed by atoms with Gasteiger partial charge in [-0.25, -0.2) is 0 Å². The normalized spacial score (nSPS) is 12.0. The number of rotatable bonds is 3. The van der Waals surface area contributed by atoms with Gasteiger partial charge in [-0.15, -0.1) is 0 Å². The summed E-state index contributed by atoms with van der Waals surface area (Å²) in [6.45, 7) is 3.69. The largest absolute Gasteiger partial charge is 0.417 e. The predicted molar refractivity (Wildman–Crippen MR) is 73.0 cm³/mol. The highest BCUT2D eigenvalue weighted by Gasteiger charge is 2.31. The third kappa shape index (κ3) is 3.15. The number of carbonyl (C=O) groups excluding carboxylic acids is 1. The van der Waals surface area contributed by atoms with Gasteiger partial charge in [0.05, 0.1) is 16.2 Å². The van der Waals surface area contributed by atoms with Crippen LogP contribution in [0.5, 0.6) is 0 Å². The Hall–Kier alpha value is -1.70. The fourth-order valence-electron chi connectivity index (χ4n) is 1.76. The fraction of sp³-hybridized carbons (Fsp3) is 0.308. The predicted octanol–water partition coefficient (Wildman–Crippen LogP) is 3.87. The van der Waals surface area contributed by atoms with Crippen LogP contribution in [0, 0.1) is 0 Å². The molecule has 2 aromatic heterocycles. The maximum absolute atomic E-state index is 12.5. The van der Waals surface area contributed by atoms with E-state index in [1.165, 1.54) is 10.9 Å². The summed E-state index contributed by atoms with van der Waals surface area (Å²) in [6, 6.07) is 1.84. The molecule has 2 heterocycles. The highest BCUT2D eigenvalue weighted by molar-refractivity contribution is 9.10. The topological polar surface area (TPSA) is 47.8 Å². The summed E-state index contributed by atoms with van der Waals surface area (Å²) in [5.74, 6) is -0.484. The molecule has 0 radical (unpaired) electrons. The average molecular weight is 362 g/mol. The molecular weight excluding hydrogens is 351 g/mol. The molecule has 0 N–H and O–H groups in total. The lowest BCUT2D eigenvalue weighted by Gasteiger charge is -2.11. The second-order valence-electron chi connectivity index (χ2n) is 4.64. The molecule has 0 saturated carbocycles. The van der Waals surface area contributed by atoms with Gasteiger partial charge < -0.3 is 0 Å². The number of alkyl halides is 3. The Bertz CT molecular complexity index is 662.